The lowest BCUT2D eigenvalue weighted by Crippen LogP contribution is -2.39. The van der Waals surface area contributed by atoms with Gasteiger partial charge in [0.25, 0.3) is 5.91 Å². The highest BCUT2D eigenvalue weighted by molar-refractivity contribution is 5.99. The fourth-order valence-corrected chi connectivity index (χ4v) is 2.83. The van der Waals surface area contributed by atoms with Crippen LogP contribution in [0.5, 0.6) is 0 Å². The molecule has 0 saturated heterocycles. The number of pyridine rings is 1. The van der Waals surface area contributed by atoms with Crippen molar-refractivity contribution in [3.63, 3.8) is 0 Å². The maximum atomic E-state index is 13.6. The van der Waals surface area contributed by atoms with Crippen LogP contribution in [0, 0.1) is 12.7 Å². The standard InChI is InChI=1S/C22H23F4N3O2/c1-12(2)19(15-7-6-8-16(23)11-15)29-21(31-5)14(4)28-20(30)17-9-10-18(22(24,25)26)27-13(17)3/h6-11,14H,1-5H3,(H,28,30). The molecule has 31 heavy (non-hydrogen) atoms. The monoisotopic (exact) mass is 437 g/mol. The molecule has 0 spiro atoms. The molecule has 0 radical (unpaired) electrons. The SMILES string of the molecule is COC(=NC(=C(C)C)c1cccc(F)c1)C(C)NC(=O)c1ccc(C(F)(F)F)nc1C. The van der Waals surface area contributed by atoms with Gasteiger partial charge in [-0.25, -0.2) is 14.4 Å². The molecule has 1 aromatic heterocycles. The van der Waals surface area contributed by atoms with Gasteiger partial charge in [-0.15, -0.1) is 0 Å². The summed E-state index contributed by atoms with van der Waals surface area (Å²) in [6.07, 6.45) is -4.60. The molecule has 1 heterocycles. The van der Waals surface area contributed by atoms with Crippen LogP contribution in [0.1, 0.15) is 48.1 Å². The molecule has 1 unspecified atom stereocenters. The van der Waals surface area contributed by atoms with Crippen molar-refractivity contribution in [3.05, 3.63) is 70.3 Å². The quantitative estimate of drug-likeness (QED) is 0.399. The Morgan fingerprint density at radius 2 is 1.87 bits per heavy atom. The van der Waals surface area contributed by atoms with Crippen molar-refractivity contribution in [2.24, 2.45) is 4.99 Å². The van der Waals surface area contributed by atoms with E-state index in [1.54, 1.807) is 32.9 Å². The van der Waals surface area contributed by atoms with Crippen LogP contribution in [0.2, 0.25) is 0 Å². The molecule has 0 aliphatic heterocycles. The first-order valence-electron chi connectivity index (χ1n) is 9.35. The van der Waals surface area contributed by atoms with Gasteiger partial charge in [0, 0.05) is 5.56 Å². The van der Waals surface area contributed by atoms with Gasteiger partial charge >= 0.3 is 6.18 Å². The van der Waals surface area contributed by atoms with Crippen LogP contribution in [0.15, 0.2) is 47.0 Å². The molecule has 5 nitrogen and oxygen atoms in total. The molecule has 0 saturated carbocycles. The first-order chi connectivity index (χ1) is 14.4. The highest BCUT2D eigenvalue weighted by Crippen LogP contribution is 2.28. The van der Waals surface area contributed by atoms with E-state index in [9.17, 15) is 22.4 Å². The van der Waals surface area contributed by atoms with Crippen molar-refractivity contribution in [3.8, 4) is 0 Å². The Bertz CT molecular complexity index is 1030. The maximum Gasteiger partial charge on any atom is 0.433 e. The first kappa shape index (κ1) is 24.0. The lowest BCUT2D eigenvalue weighted by Gasteiger charge is -2.18. The number of halogens is 4. The second kappa shape index (κ2) is 9.72. The van der Waals surface area contributed by atoms with Crippen LogP contribution in [0.4, 0.5) is 17.6 Å². The van der Waals surface area contributed by atoms with Crippen LogP contribution in [-0.4, -0.2) is 29.9 Å². The number of amides is 1. The lowest BCUT2D eigenvalue weighted by atomic mass is 10.1. The van der Waals surface area contributed by atoms with Gasteiger partial charge in [0.2, 0.25) is 5.90 Å². The molecule has 0 aliphatic carbocycles. The Morgan fingerprint density at radius 1 is 1.19 bits per heavy atom. The number of benzene rings is 1. The smallest absolute Gasteiger partial charge is 0.433 e. The van der Waals surface area contributed by atoms with Crippen molar-refractivity contribution in [1.82, 2.24) is 10.3 Å². The molecule has 9 heteroatoms. The zero-order valence-corrected chi connectivity index (χ0v) is 17.8. The van der Waals surface area contributed by atoms with Gasteiger partial charge in [-0.2, -0.15) is 13.2 Å². The third-order valence-corrected chi connectivity index (χ3v) is 4.34. The van der Waals surface area contributed by atoms with Gasteiger partial charge in [0.05, 0.1) is 24.1 Å². The molecule has 166 valence electrons. The third kappa shape index (κ3) is 6.13. The second-order valence-corrected chi connectivity index (χ2v) is 7.04. The molecule has 1 N–H and O–H groups in total. The summed E-state index contributed by atoms with van der Waals surface area (Å²) in [6.45, 7) is 6.54. The molecular weight excluding hydrogens is 414 g/mol. The molecule has 0 bridgehead atoms. The summed E-state index contributed by atoms with van der Waals surface area (Å²) in [5, 5.41) is 2.64. The fraction of sp³-hybridized carbons (Fsp3) is 0.318. The summed E-state index contributed by atoms with van der Waals surface area (Å²) in [5.41, 5.74) is 0.683. The molecule has 1 aromatic carbocycles. The number of hydrogen-bond donors (Lipinski definition) is 1. The number of carbonyl (C=O) groups excluding carboxylic acids is 1. The Kier molecular flexibility index (Phi) is 7.54. The second-order valence-electron chi connectivity index (χ2n) is 7.04. The van der Waals surface area contributed by atoms with Crippen LogP contribution < -0.4 is 5.32 Å². The Balaban J connectivity index is 2.29. The zero-order chi connectivity index (χ0) is 23.3. The number of ether oxygens (including phenoxy) is 1. The average Bonchev–Trinajstić information content (AvgIpc) is 2.67. The number of aryl methyl sites for hydroxylation is 1. The van der Waals surface area contributed by atoms with Gasteiger partial charge in [-0.3, -0.25) is 4.79 Å². The van der Waals surface area contributed by atoms with Crippen LogP contribution in [0.3, 0.4) is 0 Å². The van der Waals surface area contributed by atoms with E-state index < -0.39 is 29.6 Å². The first-order valence-corrected chi connectivity index (χ1v) is 9.35. The number of nitrogens with zero attached hydrogens (tertiary/aromatic N) is 2. The summed E-state index contributed by atoms with van der Waals surface area (Å²) >= 11 is 0. The van der Waals surface area contributed by atoms with E-state index in [1.807, 2.05) is 0 Å². The number of aliphatic imine (C=N–C) groups is 1. The fourth-order valence-electron chi connectivity index (χ4n) is 2.83. The summed E-state index contributed by atoms with van der Waals surface area (Å²) < 4.78 is 57.3. The zero-order valence-electron chi connectivity index (χ0n) is 17.8. The summed E-state index contributed by atoms with van der Waals surface area (Å²) in [7, 11) is 1.38. The predicted molar refractivity (Wildman–Crippen MR) is 110 cm³/mol. The van der Waals surface area contributed by atoms with Crippen molar-refractivity contribution in [1.29, 1.82) is 0 Å². The van der Waals surface area contributed by atoms with E-state index in [-0.39, 0.29) is 17.2 Å². The molecule has 0 fully saturated rings. The molecule has 0 aliphatic rings. The van der Waals surface area contributed by atoms with E-state index in [2.05, 4.69) is 15.3 Å². The minimum absolute atomic E-state index is 0.00266. The van der Waals surface area contributed by atoms with Crippen LogP contribution in [0.25, 0.3) is 5.70 Å². The largest absolute Gasteiger partial charge is 0.483 e. The van der Waals surface area contributed by atoms with E-state index >= 15 is 0 Å². The van der Waals surface area contributed by atoms with E-state index in [4.69, 9.17) is 4.74 Å². The number of alkyl halides is 3. The van der Waals surface area contributed by atoms with Gasteiger partial charge < -0.3 is 10.1 Å². The Hall–Kier alpha value is -3.23. The normalized spacial score (nSPS) is 12.9. The van der Waals surface area contributed by atoms with E-state index in [1.165, 1.54) is 26.2 Å². The number of hydrogen-bond acceptors (Lipinski definition) is 4. The van der Waals surface area contributed by atoms with Crippen molar-refractivity contribution < 1.29 is 27.1 Å². The number of methoxy groups -OCH3 is 1. The van der Waals surface area contributed by atoms with E-state index in [0.717, 1.165) is 17.7 Å². The third-order valence-electron chi connectivity index (χ3n) is 4.34. The van der Waals surface area contributed by atoms with Crippen LogP contribution in [-0.2, 0) is 10.9 Å². The molecule has 1 atom stereocenters. The Labute approximate surface area is 177 Å². The van der Waals surface area contributed by atoms with Gasteiger partial charge in [0.1, 0.15) is 17.6 Å². The minimum atomic E-state index is -4.60. The lowest BCUT2D eigenvalue weighted by molar-refractivity contribution is -0.141. The Morgan fingerprint density at radius 3 is 2.39 bits per heavy atom. The predicted octanol–water partition coefficient (Wildman–Crippen LogP) is 5.16. The maximum absolute atomic E-state index is 13.6. The van der Waals surface area contributed by atoms with Gasteiger partial charge in [0.15, 0.2) is 0 Å². The molecular formula is C22H23F4N3O2. The van der Waals surface area contributed by atoms with Crippen molar-refractivity contribution >= 4 is 17.5 Å². The molecule has 2 rings (SSSR count). The van der Waals surface area contributed by atoms with Crippen LogP contribution >= 0.6 is 0 Å². The number of nitrogens with one attached hydrogen (secondary N) is 1. The minimum Gasteiger partial charge on any atom is -0.483 e. The number of aromatic nitrogens is 1. The van der Waals surface area contributed by atoms with E-state index in [0.29, 0.717) is 11.3 Å². The molecule has 1 amide bonds. The highest BCUT2D eigenvalue weighted by atomic mass is 19.4. The average molecular weight is 437 g/mol. The van der Waals surface area contributed by atoms with Crippen molar-refractivity contribution in [2.45, 2.75) is 39.9 Å². The summed E-state index contributed by atoms with van der Waals surface area (Å²) in [5.74, 6) is -0.899. The summed E-state index contributed by atoms with van der Waals surface area (Å²) in [4.78, 5) is 20.5. The van der Waals surface area contributed by atoms with Gasteiger partial charge in [-0.1, -0.05) is 12.1 Å². The number of carbonyl (C=O) groups is 1. The van der Waals surface area contributed by atoms with Gasteiger partial charge in [-0.05, 0) is 57.5 Å². The topological polar surface area (TPSA) is 63.6 Å². The molecule has 2 aromatic rings. The summed E-state index contributed by atoms with van der Waals surface area (Å²) in [6, 6.07) is 7.01. The number of rotatable bonds is 5. The number of allylic oxidation sites excluding steroid dienone is 1. The highest BCUT2D eigenvalue weighted by Gasteiger charge is 2.33. The van der Waals surface area contributed by atoms with Crippen molar-refractivity contribution in [2.75, 3.05) is 7.11 Å².